The van der Waals surface area contributed by atoms with E-state index >= 15 is 0 Å². The lowest BCUT2D eigenvalue weighted by molar-refractivity contribution is -0.113. The smallest absolute Gasteiger partial charge is 0.279 e. The van der Waals surface area contributed by atoms with Gasteiger partial charge in [0.05, 0.1) is 23.3 Å². The number of hydrogen-bond donors (Lipinski definition) is 3. The molecule has 154 valence electrons. The number of benzene rings is 2. The summed E-state index contributed by atoms with van der Waals surface area (Å²) >= 11 is 6.29. The van der Waals surface area contributed by atoms with Crippen molar-refractivity contribution in [1.82, 2.24) is 4.98 Å². The van der Waals surface area contributed by atoms with Crippen molar-refractivity contribution in [3.63, 3.8) is 0 Å². The number of H-pyrrole nitrogens is 1. The fourth-order valence-corrected chi connectivity index (χ4v) is 3.03. The Hall–Kier alpha value is -3.65. The Labute approximate surface area is 176 Å². The number of halogens is 1. The van der Waals surface area contributed by atoms with Crippen LogP contribution in [0.25, 0.3) is 10.9 Å². The van der Waals surface area contributed by atoms with Gasteiger partial charge in [0, 0.05) is 11.5 Å². The molecular formula is C21H19ClN4O4. The van der Waals surface area contributed by atoms with Gasteiger partial charge in [-0.15, -0.1) is 10.2 Å². The monoisotopic (exact) mass is 426 g/mol. The first-order chi connectivity index (χ1) is 14.3. The summed E-state index contributed by atoms with van der Waals surface area (Å²) in [5.74, 6) is -0.550. The van der Waals surface area contributed by atoms with E-state index in [0.29, 0.717) is 17.0 Å². The summed E-state index contributed by atoms with van der Waals surface area (Å²) in [4.78, 5) is 27.0. The zero-order chi connectivity index (χ0) is 21.8. The van der Waals surface area contributed by atoms with Crippen LogP contribution in [0.5, 0.6) is 5.75 Å². The van der Waals surface area contributed by atoms with Crippen LogP contribution in [0.2, 0.25) is 5.02 Å². The van der Waals surface area contributed by atoms with E-state index in [-0.39, 0.29) is 27.7 Å². The van der Waals surface area contributed by atoms with Crippen molar-refractivity contribution in [2.24, 2.45) is 10.2 Å². The van der Waals surface area contributed by atoms with E-state index < -0.39 is 5.91 Å². The number of carbonyl (C=O) groups excluding carboxylic acids is 1. The van der Waals surface area contributed by atoms with Crippen molar-refractivity contribution >= 4 is 39.8 Å². The molecule has 1 heterocycles. The second kappa shape index (κ2) is 8.79. The molecule has 0 fully saturated rings. The summed E-state index contributed by atoms with van der Waals surface area (Å²) in [6, 6.07) is 11.5. The number of aliphatic hydroxyl groups excluding tert-OH is 1. The van der Waals surface area contributed by atoms with Crippen LogP contribution in [0, 0.1) is 6.92 Å². The molecule has 0 bridgehead atoms. The van der Waals surface area contributed by atoms with Gasteiger partial charge in [0.15, 0.2) is 5.70 Å². The van der Waals surface area contributed by atoms with Crippen molar-refractivity contribution in [1.29, 1.82) is 0 Å². The van der Waals surface area contributed by atoms with Gasteiger partial charge in [-0.3, -0.25) is 9.59 Å². The molecule has 0 spiro atoms. The maximum atomic E-state index is 12.6. The van der Waals surface area contributed by atoms with E-state index in [1.54, 1.807) is 43.3 Å². The Bertz CT molecular complexity index is 1240. The second-order valence-corrected chi connectivity index (χ2v) is 6.86. The molecular weight excluding hydrogens is 408 g/mol. The molecule has 0 saturated heterocycles. The molecule has 3 rings (SSSR count). The standard InChI is InChI=1S/C21H19ClN4O4/c1-11-8-19(28)23-16-10-17(14(22)9-13(11)16)25-26-20(12(2)27)21(29)24-15-6-4-5-7-18(15)30-3/h4-10,27H,1-3H3,(H,23,28)(H,24,29). The van der Waals surface area contributed by atoms with Gasteiger partial charge in [0.25, 0.3) is 5.91 Å². The highest BCUT2D eigenvalue weighted by Crippen LogP contribution is 2.31. The molecule has 9 heteroatoms. The lowest BCUT2D eigenvalue weighted by Crippen LogP contribution is -2.15. The van der Waals surface area contributed by atoms with Gasteiger partial charge in [0.1, 0.15) is 17.2 Å². The summed E-state index contributed by atoms with van der Waals surface area (Å²) in [5, 5.41) is 21.5. The van der Waals surface area contributed by atoms with Gasteiger partial charge in [0.2, 0.25) is 5.56 Å². The second-order valence-electron chi connectivity index (χ2n) is 6.45. The Morgan fingerprint density at radius 1 is 1.23 bits per heavy atom. The largest absolute Gasteiger partial charge is 0.510 e. The third-order valence-electron chi connectivity index (χ3n) is 4.29. The number of pyridine rings is 1. The van der Waals surface area contributed by atoms with Crippen LogP contribution in [-0.4, -0.2) is 23.1 Å². The molecule has 8 nitrogen and oxygen atoms in total. The van der Waals surface area contributed by atoms with Gasteiger partial charge < -0.3 is 20.1 Å². The Morgan fingerprint density at radius 3 is 2.67 bits per heavy atom. The van der Waals surface area contributed by atoms with E-state index in [1.165, 1.54) is 20.1 Å². The minimum atomic E-state index is -0.676. The van der Waals surface area contributed by atoms with Gasteiger partial charge >= 0.3 is 0 Å². The first-order valence-corrected chi connectivity index (χ1v) is 9.27. The number of fused-ring (bicyclic) bond motifs is 1. The van der Waals surface area contributed by atoms with Crippen molar-refractivity contribution in [2.75, 3.05) is 12.4 Å². The molecule has 2 aromatic carbocycles. The zero-order valence-corrected chi connectivity index (χ0v) is 17.2. The van der Waals surface area contributed by atoms with Gasteiger partial charge in [-0.1, -0.05) is 23.7 Å². The maximum Gasteiger partial charge on any atom is 0.279 e. The van der Waals surface area contributed by atoms with Crippen molar-refractivity contribution in [3.8, 4) is 5.75 Å². The molecule has 0 aliphatic carbocycles. The summed E-state index contributed by atoms with van der Waals surface area (Å²) in [5.41, 5.74) is 1.39. The number of rotatable bonds is 5. The molecule has 1 aromatic heterocycles. The minimum absolute atomic E-state index is 0.231. The normalized spacial score (nSPS) is 12.1. The molecule has 3 N–H and O–H groups in total. The molecule has 1 amide bonds. The quantitative estimate of drug-likeness (QED) is 0.302. The first kappa shape index (κ1) is 21.1. The number of anilines is 1. The predicted molar refractivity (Wildman–Crippen MR) is 116 cm³/mol. The van der Waals surface area contributed by atoms with E-state index in [4.69, 9.17) is 16.3 Å². The van der Waals surface area contributed by atoms with E-state index in [9.17, 15) is 14.7 Å². The predicted octanol–water partition coefficient (Wildman–Crippen LogP) is 5.01. The lowest BCUT2D eigenvalue weighted by atomic mass is 10.1. The molecule has 3 aromatic rings. The maximum absolute atomic E-state index is 12.6. The first-order valence-electron chi connectivity index (χ1n) is 8.89. The summed E-state index contributed by atoms with van der Waals surface area (Å²) < 4.78 is 5.20. The molecule has 0 saturated carbocycles. The summed E-state index contributed by atoms with van der Waals surface area (Å²) in [6.07, 6.45) is 0. The fraction of sp³-hybridized carbons (Fsp3) is 0.143. The number of ether oxygens (including phenoxy) is 1. The molecule has 0 radical (unpaired) electrons. The zero-order valence-electron chi connectivity index (χ0n) is 16.5. The van der Waals surface area contributed by atoms with Gasteiger partial charge in [-0.05, 0) is 43.7 Å². The van der Waals surface area contributed by atoms with Gasteiger partial charge in [-0.2, -0.15) is 0 Å². The number of aryl methyl sites for hydroxylation is 1. The van der Waals surface area contributed by atoms with Crippen LogP contribution in [0.15, 0.2) is 68.9 Å². The number of hydrogen-bond acceptors (Lipinski definition) is 6. The van der Waals surface area contributed by atoms with Crippen LogP contribution in [-0.2, 0) is 4.79 Å². The van der Waals surface area contributed by atoms with Crippen LogP contribution in [0.3, 0.4) is 0 Å². The van der Waals surface area contributed by atoms with Gasteiger partial charge in [-0.25, -0.2) is 0 Å². The highest BCUT2D eigenvalue weighted by Gasteiger charge is 2.16. The highest BCUT2D eigenvalue weighted by molar-refractivity contribution is 6.33. The topological polar surface area (TPSA) is 116 Å². The minimum Gasteiger partial charge on any atom is -0.510 e. The highest BCUT2D eigenvalue weighted by atomic mass is 35.5. The number of nitrogens with zero attached hydrogens (tertiary/aromatic N) is 2. The number of azo groups is 1. The number of aromatic nitrogens is 1. The molecule has 0 aliphatic rings. The Balaban J connectivity index is 1.94. The summed E-state index contributed by atoms with van der Waals surface area (Å²) in [6.45, 7) is 3.12. The SMILES string of the molecule is COc1ccccc1NC(=O)C(N=Nc1cc2[nH]c(=O)cc(C)c2cc1Cl)=C(C)O. The number of methoxy groups -OCH3 is 1. The molecule has 0 atom stereocenters. The van der Waals surface area contributed by atoms with Crippen molar-refractivity contribution in [3.05, 3.63) is 74.9 Å². The van der Waals surface area contributed by atoms with Crippen LogP contribution < -0.4 is 15.6 Å². The van der Waals surface area contributed by atoms with Crippen LogP contribution >= 0.6 is 11.6 Å². The van der Waals surface area contributed by atoms with E-state index in [0.717, 1.165) is 10.9 Å². The van der Waals surface area contributed by atoms with E-state index in [2.05, 4.69) is 20.5 Å². The number of allylic oxidation sites excluding steroid dienone is 1. The number of nitrogens with one attached hydrogen (secondary N) is 2. The fourth-order valence-electron chi connectivity index (χ4n) is 2.83. The Morgan fingerprint density at radius 2 is 1.97 bits per heavy atom. The average molecular weight is 427 g/mol. The van der Waals surface area contributed by atoms with Crippen molar-refractivity contribution < 1.29 is 14.6 Å². The van der Waals surface area contributed by atoms with Crippen LogP contribution in [0.4, 0.5) is 11.4 Å². The molecule has 30 heavy (non-hydrogen) atoms. The lowest BCUT2D eigenvalue weighted by Gasteiger charge is -2.10. The van der Waals surface area contributed by atoms with Crippen molar-refractivity contribution in [2.45, 2.75) is 13.8 Å². The molecule has 0 aliphatic heterocycles. The van der Waals surface area contributed by atoms with E-state index in [1.807, 2.05) is 0 Å². The third kappa shape index (κ3) is 4.49. The summed E-state index contributed by atoms with van der Waals surface area (Å²) in [7, 11) is 1.48. The van der Waals surface area contributed by atoms with Crippen LogP contribution in [0.1, 0.15) is 12.5 Å². The Kier molecular flexibility index (Phi) is 6.17. The number of amides is 1. The number of carbonyl (C=O) groups is 1. The number of aliphatic hydroxyl groups is 1. The molecule has 0 unspecified atom stereocenters. The number of para-hydroxylation sites is 2. The average Bonchev–Trinajstić information content (AvgIpc) is 2.69. The third-order valence-corrected chi connectivity index (χ3v) is 4.59. The number of aromatic amines is 1.